The maximum Gasteiger partial charge on any atom is 0.225 e. The van der Waals surface area contributed by atoms with Crippen molar-refractivity contribution in [2.75, 3.05) is 23.7 Å². The molecular formula is C14H23N5O. The first kappa shape index (κ1) is 14.6. The molecule has 2 heterocycles. The maximum atomic E-state index is 11.6. The minimum absolute atomic E-state index is 0.256. The Kier molecular flexibility index (Phi) is 3.83. The Hall–Kier alpha value is -1.85. The van der Waals surface area contributed by atoms with Crippen LogP contribution in [0, 0.1) is 12.3 Å². The highest BCUT2D eigenvalue weighted by atomic mass is 16.1. The first-order chi connectivity index (χ1) is 9.37. The third-order valence-electron chi connectivity index (χ3n) is 4.05. The van der Waals surface area contributed by atoms with Gasteiger partial charge in [-0.1, -0.05) is 6.92 Å². The van der Waals surface area contributed by atoms with Gasteiger partial charge in [0.15, 0.2) is 0 Å². The predicted octanol–water partition coefficient (Wildman–Crippen LogP) is 1.02. The summed E-state index contributed by atoms with van der Waals surface area (Å²) in [5.41, 5.74) is 11.9. The molecular weight excluding hydrogens is 254 g/mol. The van der Waals surface area contributed by atoms with Crippen molar-refractivity contribution in [3.8, 4) is 0 Å². The smallest absolute Gasteiger partial charge is 0.225 e. The average Bonchev–Trinajstić information content (AvgIpc) is 2.78. The van der Waals surface area contributed by atoms with E-state index in [2.05, 4.69) is 21.8 Å². The lowest BCUT2D eigenvalue weighted by atomic mass is 9.89. The molecule has 1 saturated heterocycles. The number of aryl methyl sites for hydroxylation is 1. The molecule has 1 unspecified atom stereocenters. The van der Waals surface area contributed by atoms with Crippen LogP contribution >= 0.6 is 0 Å². The normalized spacial score (nSPS) is 22.2. The summed E-state index contributed by atoms with van der Waals surface area (Å²) in [5, 5.41) is 0. The summed E-state index contributed by atoms with van der Waals surface area (Å²) < 4.78 is 0. The van der Waals surface area contributed by atoms with Crippen LogP contribution in [0.3, 0.4) is 0 Å². The number of amides is 1. The zero-order valence-corrected chi connectivity index (χ0v) is 12.4. The number of nitrogens with two attached hydrogens (primary N) is 2. The van der Waals surface area contributed by atoms with Crippen LogP contribution in [-0.4, -0.2) is 29.0 Å². The molecule has 1 aliphatic rings. The molecule has 1 amide bonds. The third kappa shape index (κ3) is 2.55. The van der Waals surface area contributed by atoms with Gasteiger partial charge in [0.25, 0.3) is 0 Å². The van der Waals surface area contributed by atoms with Gasteiger partial charge in [0.1, 0.15) is 17.5 Å². The molecule has 1 atom stereocenters. The summed E-state index contributed by atoms with van der Waals surface area (Å²) in [5.74, 6) is 1.86. The van der Waals surface area contributed by atoms with Crippen molar-refractivity contribution >= 4 is 17.5 Å². The number of carbonyl (C=O) groups excluding carboxylic acids is 1. The van der Waals surface area contributed by atoms with Crippen LogP contribution < -0.4 is 16.4 Å². The maximum absolute atomic E-state index is 11.6. The van der Waals surface area contributed by atoms with Gasteiger partial charge in [0, 0.05) is 25.1 Å². The van der Waals surface area contributed by atoms with Crippen molar-refractivity contribution in [2.24, 2.45) is 11.1 Å². The number of aromatic nitrogens is 2. The largest absolute Gasteiger partial charge is 0.383 e. The first-order valence-corrected chi connectivity index (χ1v) is 7.05. The zero-order chi connectivity index (χ0) is 14.9. The van der Waals surface area contributed by atoms with Crippen molar-refractivity contribution in [3.63, 3.8) is 0 Å². The molecule has 110 valence electrons. The fourth-order valence-electron chi connectivity index (χ4n) is 2.55. The molecule has 0 spiro atoms. The summed E-state index contributed by atoms with van der Waals surface area (Å²) in [4.78, 5) is 22.6. The molecule has 1 aromatic heterocycles. The van der Waals surface area contributed by atoms with Crippen LogP contribution in [0.25, 0.3) is 0 Å². The van der Waals surface area contributed by atoms with Gasteiger partial charge < -0.3 is 16.4 Å². The van der Waals surface area contributed by atoms with Crippen LogP contribution in [0.2, 0.25) is 0 Å². The van der Waals surface area contributed by atoms with Crippen LogP contribution in [0.15, 0.2) is 0 Å². The van der Waals surface area contributed by atoms with E-state index in [0.717, 1.165) is 43.0 Å². The number of hydrogen-bond acceptors (Lipinski definition) is 5. The van der Waals surface area contributed by atoms with Crippen LogP contribution in [0.4, 0.5) is 11.6 Å². The highest BCUT2D eigenvalue weighted by molar-refractivity contribution is 5.82. The van der Waals surface area contributed by atoms with Gasteiger partial charge in [-0.2, -0.15) is 0 Å². The Bertz CT molecular complexity index is 531. The molecule has 6 heteroatoms. The van der Waals surface area contributed by atoms with Crippen LogP contribution in [0.5, 0.6) is 0 Å². The van der Waals surface area contributed by atoms with Crippen molar-refractivity contribution in [1.29, 1.82) is 0 Å². The fraction of sp³-hybridized carbons (Fsp3) is 0.643. The summed E-state index contributed by atoms with van der Waals surface area (Å²) in [6.07, 6.45) is 2.52. The lowest BCUT2D eigenvalue weighted by Gasteiger charge is -2.23. The Morgan fingerprint density at radius 3 is 2.70 bits per heavy atom. The molecule has 6 nitrogen and oxygen atoms in total. The van der Waals surface area contributed by atoms with Gasteiger partial charge >= 0.3 is 0 Å². The molecule has 0 saturated carbocycles. The topological polar surface area (TPSA) is 98.1 Å². The summed E-state index contributed by atoms with van der Waals surface area (Å²) in [7, 11) is 0. The first-order valence-electron chi connectivity index (χ1n) is 7.05. The minimum atomic E-state index is -0.489. The van der Waals surface area contributed by atoms with Gasteiger partial charge in [-0.25, -0.2) is 9.97 Å². The highest BCUT2D eigenvalue weighted by Gasteiger charge is 2.40. The molecule has 1 aliphatic heterocycles. The lowest BCUT2D eigenvalue weighted by Crippen LogP contribution is -2.37. The second kappa shape index (κ2) is 5.26. The highest BCUT2D eigenvalue weighted by Crippen LogP contribution is 2.34. The van der Waals surface area contributed by atoms with Crippen LogP contribution in [-0.2, 0) is 11.2 Å². The van der Waals surface area contributed by atoms with E-state index in [1.807, 2.05) is 13.8 Å². The zero-order valence-electron chi connectivity index (χ0n) is 12.4. The van der Waals surface area contributed by atoms with Gasteiger partial charge in [0.2, 0.25) is 5.91 Å². The Morgan fingerprint density at radius 2 is 2.15 bits per heavy atom. The monoisotopic (exact) mass is 277 g/mol. The van der Waals surface area contributed by atoms with Gasteiger partial charge in [-0.3, -0.25) is 4.79 Å². The molecule has 4 N–H and O–H groups in total. The number of hydrogen-bond donors (Lipinski definition) is 2. The number of primary amides is 1. The number of carbonyl (C=O) groups is 1. The van der Waals surface area contributed by atoms with E-state index in [9.17, 15) is 4.79 Å². The molecule has 0 aliphatic carbocycles. The van der Waals surface area contributed by atoms with Crippen molar-refractivity contribution in [3.05, 3.63) is 11.4 Å². The minimum Gasteiger partial charge on any atom is -0.383 e. The van der Waals surface area contributed by atoms with E-state index in [4.69, 9.17) is 11.5 Å². The van der Waals surface area contributed by atoms with Gasteiger partial charge in [0.05, 0.1) is 5.41 Å². The Labute approximate surface area is 119 Å². The van der Waals surface area contributed by atoms with Crippen molar-refractivity contribution < 1.29 is 4.79 Å². The number of anilines is 2. The molecule has 1 aromatic rings. The Balaban J connectivity index is 2.32. The van der Waals surface area contributed by atoms with Crippen LogP contribution in [0.1, 0.15) is 38.1 Å². The molecule has 20 heavy (non-hydrogen) atoms. The lowest BCUT2D eigenvalue weighted by molar-refractivity contribution is -0.125. The second-order valence-corrected chi connectivity index (χ2v) is 5.82. The van der Waals surface area contributed by atoms with E-state index in [1.54, 1.807) is 0 Å². The quantitative estimate of drug-likeness (QED) is 0.856. The van der Waals surface area contributed by atoms with Gasteiger partial charge in [-0.05, 0) is 26.7 Å². The third-order valence-corrected chi connectivity index (χ3v) is 4.05. The predicted molar refractivity (Wildman–Crippen MR) is 79.3 cm³/mol. The molecule has 0 radical (unpaired) electrons. The SMILES string of the molecule is CCCc1nc(N)c(C)c(N2CCC(C)(C(N)=O)C2)n1. The molecule has 0 bridgehead atoms. The number of rotatable bonds is 4. The van der Waals surface area contributed by atoms with E-state index in [1.165, 1.54) is 0 Å². The van der Waals surface area contributed by atoms with E-state index >= 15 is 0 Å². The standard InChI is InChI=1S/C14H23N5O/c1-4-5-10-17-11(15)9(2)12(18-10)19-7-6-14(3,8-19)13(16)20/h4-8H2,1-3H3,(H2,16,20)(H2,15,17,18). The summed E-state index contributed by atoms with van der Waals surface area (Å²) in [6.45, 7) is 7.26. The number of nitrogens with zero attached hydrogens (tertiary/aromatic N) is 3. The summed E-state index contributed by atoms with van der Waals surface area (Å²) >= 11 is 0. The molecule has 2 rings (SSSR count). The Morgan fingerprint density at radius 1 is 1.45 bits per heavy atom. The number of nitrogen functional groups attached to an aromatic ring is 1. The fourth-order valence-corrected chi connectivity index (χ4v) is 2.55. The second-order valence-electron chi connectivity index (χ2n) is 5.82. The summed E-state index contributed by atoms with van der Waals surface area (Å²) in [6, 6.07) is 0. The average molecular weight is 277 g/mol. The van der Waals surface area contributed by atoms with Gasteiger partial charge in [-0.15, -0.1) is 0 Å². The molecule has 1 fully saturated rings. The van der Waals surface area contributed by atoms with E-state index in [-0.39, 0.29) is 5.91 Å². The molecule has 0 aromatic carbocycles. The van der Waals surface area contributed by atoms with Crippen molar-refractivity contribution in [2.45, 2.75) is 40.0 Å². The van der Waals surface area contributed by atoms with Crippen molar-refractivity contribution in [1.82, 2.24) is 9.97 Å². The van der Waals surface area contributed by atoms with E-state index < -0.39 is 5.41 Å². The van der Waals surface area contributed by atoms with E-state index in [0.29, 0.717) is 12.4 Å².